The summed E-state index contributed by atoms with van der Waals surface area (Å²) in [6.07, 6.45) is 0. The van der Waals surface area contributed by atoms with Crippen molar-refractivity contribution in [2.45, 2.75) is 0 Å². The van der Waals surface area contributed by atoms with Gasteiger partial charge in [0.2, 0.25) is 0 Å². The molecule has 0 spiro atoms. The van der Waals surface area contributed by atoms with Crippen LogP contribution in [0.15, 0.2) is 18.2 Å². The number of hydrogen-bond acceptors (Lipinski definition) is 7. The Kier molecular flexibility index (Phi) is 3.72. The maximum atomic E-state index is 11.1. The lowest BCUT2D eigenvalue weighted by atomic mass is 10.2. The van der Waals surface area contributed by atoms with Crippen molar-refractivity contribution < 1.29 is 24.5 Å². The van der Waals surface area contributed by atoms with Crippen LogP contribution >= 0.6 is 0 Å². The molecule has 0 saturated heterocycles. The van der Waals surface area contributed by atoms with E-state index in [1.54, 1.807) is 0 Å². The van der Waals surface area contributed by atoms with E-state index in [2.05, 4.69) is 0 Å². The van der Waals surface area contributed by atoms with Crippen LogP contribution in [0.1, 0.15) is 0 Å². The molecular formula is C8H6N4O7. The first kappa shape index (κ1) is 14.0. The van der Waals surface area contributed by atoms with Crippen LogP contribution in [-0.2, 0) is 9.59 Å². The van der Waals surface area contributed by atoms with Crippen LogP contribution in [0, 0.1) is 20.2 Å². The predicted octanol–water partition coefficient (Wildman–Crippen LogP) is -0.206. The number of hydrazine groups is 1. The largest absolute Gasteiger partial charge is 0.474 e. The molecule has 0 atom stereocenters. The number of carboxylic acid groups (broad SMARTS) is 1. The monoisotopic (exact) mass is 270 g/mol. The molecule has 0 aliphatic rings. The first-order chi connectivity index (χ1) is 8.75. The topological polar surface area (TPSA) is 170 Å². The summed E-state index contributed by atoms with van der Waals surface area (Å²) in [4.78, 5) is 40.8. The molecule has 1 aromatic carbocycles. The summed E-state index contributed by atoms with van der Waals surface area (Å²) < 4.78 is 0. The number of nitrogens with two attached hydrogens (primary N) is 1. The van der Waals surface area contributed by atoms with E-state index in [0.29, 0.717) is 6.07 Å². The maximum Gasteiger partial charge on any atom is 0.396 e. The highest BCUT2D eigenvalue weighted by Crippen LogP contribution is 2.30. The van der Waals surface area contributed by atoms with E-state index in [-0.39, 0.29) is 5.01 Å². The van der Waals surface area contributed by atoms with Crippen molar-refractivity contribution in [3.63, 3.8) is 0 Å². The predicted molar refractivity (Wildman–Crippen MR) is 59.1 cm³/mol. The molecular weight excluding hydrogens is 264 g/mol. The molecule has 0 fully saturated rings. The molecule has 1 rings (SSSR count). The summed E-state index contributed by atoms with van der Waals surface area (Å²) in [5.41, 5.74) is -2.01. The number of carboxylic acids is 1. The minimum Gasteiger partial charge on any atom is -0.474 e. The lowest BCUT2D eigenvalue weighted by Gasteiger charge is -2.13. The maximum absolute atomic E-state index is 11.1. The minimum atomic E-state index is -1.92. The number of nitrogens with zero attached hydrogens (tertiary/aromatic N) is 3. The second kappa shape index (κ2) is 5.05. The van der Waals surface area contributed by atoms with E-state index in [0.717, 1.165) is 12.1 Å². The summed E-state index contributed by atoms with van der Waals surface area (Å²) in [5.74, 6) is 1.60. The summed E-state index contributed by atoms with van der Waals surface area (Å²) in [5, 5.41) is 29.7. The molecule has 0 aliphatic carbocycles. The number of carbonyl (C=O) groups excluding carboxylic acids is 1. The Morgan fingerprint density at radius 1 is 1.21 bits per heavy atom. The molecule has 1 aromatic rings. The fourth-order valence-electron chi connectivity index (χ4n) is 1.19. The van der Waals surface area contributed by atoms with Crippen LogP contribution in [-0.4, -0.2) is 26.8 Å². The lowest BCUT2D eigenvalue weighted by Crippen LogP contribution is -2.42. The molecule has 0 bridgehead atoms. The fourth-order valence-corrected chi connectivity index (χ4v) is 1.19. The number of aliphatic carboxylic acids is 1. The van der Waals surface area contributed by atoms with Gasteiger partial charge in [0.25, 0.3) is 5.69 Å². The van der Waals surface area contributed by atoms with Crippen LogP contribution in [0.4, 0.5) is 17.1 Å². The number of non-ortho nitro benzene ring substituents is 1. The summed E-state index contributed by atoms with van der Waals surface area (Å²) >= 11 is 0. The van der Waals surface area contributed by atoms with Crippen molar-refractivity contribution in [3.8, 4) is 0 Å². The highest BCUT2D eigenvalue weighted by Gasteiger charge is 2.28. The Morgan fingerprint density at radius 3 is 2.21 bits per heavy atom. The zero-order valence-corrected chi connectivity index (χ0v) is 9.05. The van der Waals surface area contributed by atoms with Crippen molar-refractivity contribution in [1.82, 2.24) is 0 Å². The third-order valence-electron chi connectivity index (χ3n) is 2.03. The van der Waals surface area contributed by atoms with E-state index < -0.39 is 38.8 Å². The second-order valence-electron chi connectivity index (χ2n) is 3.17. The van der Waals surface area contributed by atoms with E-state index in [4.69, 9.17) is 10.9 Å². The minimum absolute atomic E-state index is 0.0319. The SMILES string of the molecule is NN(C(=O)C(=O)O)c1ccc([N+](=O)[O-])cc1[N+](=O)[O-]. The van der Waals surface area contributed by atoms with Crippen molar-refractivity contribution >= 4 is 28.9 Å². The number of amides is 1. The quantitative estimate of drug-likeness (QED) is 0.250. The van der Waals surface area contributed by atoms with Crippen LogP contribution in [0.2, 0.25) is 0 Å². The first-order valence-corrected chi connectivity index (χ1v) is 4.50. The molecule has 0 heterocycles. The standard InChI is InChI=1S/C8H6N4O7/c9-10(7(13)8(14)15)5-2-1-4(11(16)17)3-6(5)12(18)19/h1-3H,9H2,(H,14,15). The summed E-state index contributed by atoms with van der Waals surface area (Å²) in [6.45, 7) is 0. The van der Waals surface area contributed by atoms with Crippen LogP contribution in [0.25, 0.3) is 0 Å². The van der Waals surface area contributed by atoms with Gasteiger partial charge in [0.05, 0.1) is 15.9 Å². The van der Waals surface area contributed by atoms with E-state index in [1.165, 1.54) is 0 Å². The Bertz CT molecular complexity index is 584. The van der Waals surface area contributed by atoms with Gasteiger partial charge in [-0.3, -0.25) is 25.0 Å². The molecule has 0 radical (unpaired) electrons. The van der Waals surface area contributed by atoms with Crippen LogP contribution in [0.3, 0.4) is 0 Å². The first-order valence-electron chi connectivity index (χ1n) is 4.50. The van der Waals surface area contributed by atoms with Gasteiger partial charge in [0.1, 0.15) is 5.69 Å². The van der Waals surface area contributed by atoms with Crippen LogP contribution < -0.4 is 10.9 Å². The molecule has 11 nitrogen and oxygen atoms in total. The van der Waals surface area contributed by atoms with E-state index in [1.807, 2.05) is 0 Å². The zero-order valence-electron chi connectivity index (χ0n) is 9.05. The third kappa shape index (κ3) is 2.78. The highest BCUT2D eigenvalue weighted by molar-refractivity contribution is 6.37. The number of rotatable bonds is 3. The van der Waals surface area contributed by atoms with Crippen molar-refractivity contribution in [1.29, 1.82) is 0 Å². The van der Waals surface area contributed by atoms with Gasteiger partial charge in [-0.05, 0) is 6.07 Å². The smallest absolute Gasteiger partial charge is 0.396 e. The number of nitro benzene ring substituents is 2. The van der Waals surface area contributed by atoms with Gasteiger partial charge < -0.3 is 5.11 Å². The number of anilines is 1. The van der Waals surface area contributed by atoms with Gasteiger partial charge in [-0.25, -0.2) is 15.6 Å². The van der Waals surface area contributed by atoms with Crippen LogP contribution in [0.5, 0.6) is 0 Å². The molecule has 100 valence electrons. The lowest BCUT2D eigenvalue weighted by molar-refractivity contribution is -0.393. The van der Waals surface area contributed by atoms with Gasteiger partial charge in [0, 0.05) is 6.07 Å². The highest BCUT2D eigenvalue weighted by atomic mass is 16.6. The van der Waals surface area contributed by atoms with E-state index >= 15 is 0 Å². The molecule has 1 amide bonds. The molecule has 0 unspecified atom stereocenters. The third-order valence-corrected chi connectivity index (χ3v) is 2.03. The van der Waals surface area contributed by atoms with Crippen molar-refractivity contribution in [3.05, 3.63) is 38.4 Å². The summed E-state index contributed by atoms with van der Waals surface area (Å²) in [7, 11) is 0. The number of nitro groups is 2. The Balaban J connectivity index is 3.35. The number of carbonyl (C=O) groups is 2. The second-order valence-corrected chi connectivity index (χ2v) is 3.17. The molecule has 0 saturated carbocycles. The number of benzene rings is 1. The van der Waals surface area contributed by atoms with Crippen molar-refractivity contribution in [2.75, 3.05) is 5.01 Å². The van der Waals surface area contributed by atoms with Gasteiger partial charge >= 0.3 is 17.6 Å². The average Bonchev–Trinajstić information content (AvgIpc) is 2.35. The van der Waals surface area contributed by atoms with E-state index in [9.17, 15) is 29.8 Å². The molecule has 0 aliphatic heterocycles. The molecule has 19 heavy (non-hydrogen) atoms. The number of hydrogen-bond donors (Lipinski definition) is 2. The normalized spacial score (nSPS) is 9.74. The van der Waals surface area contributed by atoms with Crippen molar-refractivity contribution in [2.24, 2.45) is 5.84 Å². The molecule has 3 N–H and O–H groups in total. The molecule has 0 aromatic heterocycles. The van der Waals surface area contributed by atoms with Gasteiger partial charge in [-0.2, -0.15) is 0 Å². The fraction of sp³-hybridized carbons (Fsp3) is 0. The average molecular weight is 270 g/mol. The zero-order chi connectivity index (χ0) is 14.7. The Hall–Kier alpha value is -3.08. The summed E-state index contributed by atoms with van der Waals surface area (Å²) in [6, 6.07) is 2.25. The molecule has 11 heteroatoms. The van der Waals surface area contributed by atoms with Gasteiger partial charge in [0.15, 0.2) is 0 Å². The Morgan fingerprint density at radius 2 is 1.79 bits per heavy atom. The van der Waals surface area contributed by atoms with Gasteiger partial charge in [-0.1, -0.05) is 0 Å². The van der Waals surface area contributed by atoms with Gasteiger partial charge in [-0.15, -0.1) is 0 Å². The Labute approximate surface area is 104 Å².